The summed E-state index contributed by atoms with van der Waals surface area (Å²) in [5, 5.41) is 6.44. The molecule has 0 aromatic heterocycles. The van der Waals surface area contributed by atoms with Gasteiger partial charge in [0, 0.05) is 12.1 Å². The Bertz CT molecular complexity index is 1100. The normalized spacial score (nSPS) is 20.4. The molecule has 0 bridgehead atoms. The van der Waals surface area contributed by atoms with Gasteiger partial charge in [0.1, 0.15) is 11.5 Å². The highest BCUT2D eigenvalue weighted by atomic mass is 16.6. The molecule has 0 radical (unpaired) electrons. The van der Waals surface area contributed by atoms with Crippen LogP contribution in [0.5, 0.6) is 11.5 Å². The molecule has 6 heteroatoms. The second kappa shape index (κ2) is 16.6. The van der Waals surface area contributed by atoms with Crippen molar-refractivity contribution >= 4 is 12.2 Å². The van der Waals surface area contributed by atoms with Crippen LogP contribution in [-0.4, -0.2) is 24.3 Å². The van der Waals surface area contributed by atoms with Gasteiger partial charge in [0.2, 0.25) is 0 Å². The van der Waals surface area contributed by atoms with Gasteiger partial charge in [-0.05, 0) is 73.1 Å². The molecular formula is C36H54N2O4. The standard InChI is InChI=1S/C36H54N2O4/c1-6-8-10-13-19-28-20-17-18-23-31(28)42-33(39)37-29-25-35(3,4)27-36(5,26-29)32(24-16-11-9-7-2)38-34(40)41-30-21-14-12-15-22-30/h12,14-15,17-18,20-23,29,32H,6-11,13,16,19,24-27H2,1-5H3,(H,37,39)(H,38,40). The number of nitrogens with one attached hydrogen (secondary N) is 2. The number of para-hydroxylation sites is 2. The van der Waals surface area contributed by atoms with Gasteiger partial charge in [0.25, 0.3) is 0 Å². The van der Waals surface area contributed by atoms with Gasteiger partial charge in [0.15, 0.2) is 0 Å². The monoisotopic (exact) mass is 578 g/mol. The first-order valence-electron chi connectivity index (χ1n) is 16.2. The fourth-order valence-electron chi connectivity index (χ4n) is 6.89. The van der Waals surface area contributed by atoms with E-state index < -0.39 is 12.2 Å². The van der Waals surface area contributed by atoms with Gasteiger partial charge in [-0.3, -0.25) is 0 Å². The highest BCUT2D eigenvalue weighted by Gasteiger charge is 2.46. The molecular weight excluding hydrogens is 524 g/mol. The Balaban J connectivity index is 1.70. The van der Waals surface area contributed by atoms with Crippen LogP contribution in [0, 0.1) is 10.8 Å². The molecule has 2 N–H and O–H groups in total. The average Bonchev–Trinajstić information content (AvgIpc) is 2.93. The van der Waals surface area contributed by atoms with Crippen molar-refractivity contribution in [2.24, 2.45) is 10.8 Å². The molecule has 1 saturated carbocycles. The minimum atomic E-state index is -0.425. The zero-order valence-electron chi connectivity index (χ0n) is 26.7. The molecule has 6 nitrogen and oxygen atoms in total. The van der Waals surface area contributed by atoms with Crippen LogP contribution < -0.4 is 20.1 Å². The largest absolute Gasteiger partial charge is 0.412 e. The van der Waals surface area contributed by atoms with Crippen molar-refractivity contribution < 1.29 is 19.1 Å². The van der Waals surface area contributed by atoms with Crippen LogP contribution in [0.1, 0.15) is 117 Å². The Morgan fingerprint density at radius 1 is 0.810 bits per heavy atom. The fraction of sp³-hybridized carbons (Fsp3) is 0.611. The number of rotatable bonds is 15. The van der Waals surface area contributed by atoms with Gasteiger partial charge >= 0.3 is 12.2 Å². The number of aryl methyl sites for hydroxylation is 1. The first-order chi connectivity index (χ1) is 20.1. The van der Waals surface area contributed by atoms with E-state index >= 15 is 0 Å². The first-order valence-corrected chi connectivity index (χ1v) is 16.2. The molecule has 2 aromatic carbocycles. The first kappa shape index (κ1) is 33.5. The number of carbonyl (C=O) groups excluding carboxylic acids is 2. The molecule has 0 spiro atoms. The third kappa shape index (κ3) is 11.0. The molecule has 0 heterocycles. The minimum absolute atomic E-state index is 0.0190. The SMILES string of the molecule is CCCCCCc1ccccc1OC(=O)NC1CC(C)(C)CC(C)(C(CCCCCC)NC(=O)Oc2ccccc2)C1. The summed E-state index contributed by atoms with van der Waals surface area (Å²) in [6, 6.07) is 16.9. The Morgan fingerprint density at radius 3 is 2.19 bits per heavy atom. The molecule has 0 saturated heterocycles. The fourth-order valence-corrected chi connectivity index (χ4v) is 6.89. The number of benzene rings is 2. The summed E-state index contributed by atoms with van der Waals surface area (Å²) in [6.07, 6.45) is 12.7. The van der Waals surface area contributed by atoms with Crippen LogP contribution in [0.3, 0.4) is 0 Å². The molecule has 3 atom stereocenters. The van der Waals surface area contributed by atoms with Crippen molar-refractivity contribution in [1.29, 1.82) is 0 Å². The van der Waals surface area contributed by atoms with Gasteiger partial charge in [-0.1, -0.05) is 116 Å². The predicted molar refractivity (Wildman–Crippen MR) is 171 cm³/mol. The van der Waals surface area contributed by atoms with Gasteiger partial charge < -0.3 is 20.1 Å². The van der Waals surface area contributed by atoms with E-state index in [0.29, 0.717) is 11.5 Å². The Kier molecular flexibility index (Phi) is 13.2. The van der Waals surface area contributed by atoms with E-state index in [1.54, 1.807) is 12.1 Å². The van der Waals surface area contributed by atoms with Gasteiger partial charge in [-0.15, -0.1) is 0 Å². The van der Waals surface area contributed by atoms with Gasteiger partial charge in [-0.25, -0.2) is 9.59 Å². The van der Waals surface area contributed by atoms with Crippen molar-refractivity contribution in [2.45, 2.75) is 130 Å². The van der Waals surface area contributed by atoms with Gasteiger partial charge in [0.05, 0.1) is 0 Å². The lowest BCUT2D eigenvalue weighted by Crippen LogP contribution is -2.55. The van der Waals surface area contributed by atoms with Crippen molar-refractivity contribution in [3.8, 4) is 11.5 Å². The van der Waals surface area contributed by atoms with Crippen molar-refractivity contribution in [3.63, 3.8) is 0 Å². The zero-order valence-corrected chi connectivity index (χ0v) is 26.7. The maximum absolute atomic E-state index is 13.2. The summed E-state index contributed by atoms with van der Waals surface area (Å²) in [6.45, 7) is 11.2. The molecule has 1 fully saturated rings. The number of unbranched alkanes of at least 4 members (excludes halogenated alkanes) is 6. The Labute approximate surface area is 254 Å². The van der Waals surface area contributed by atoms with Gasteiger partial charge in [-0.2, -0.15) is 0 Å². The Morgan fingerprint density at radius 2 is 1.48 bits per heavy atom. The summed E-state index contributed by atoms with van der Waals surface area (Å²) in [4.78, 5) is 26.2. The van der Waals surface area contributed by atoms with E-state index in [1.807, 2.05) is 36.4 Å². The molecule has 1 aliphatic carbocycles. The lowest BCUT2D eigenvalue weighted by molar-refractivity contribution is 0.0365. The van der Waals surface area contributed by atoms with Crippen LogP contribution in [-0.2, 0) is 6.42 Å². The molecule has 0 aliphatic heterocycles. The third-order valence-corrected chi connectivity index (χ3v) is 8.62. The summed E-state index contributed by atoms with van der Waals surface area (Å²) in [5.74, 6) is 1.17. The maximum atomic E-state index is 13.2. The molecule has 2 amide bonds. The lowest BCUT2D eigenvalue weighted by atomic mass is 9.59. The summed E-state index contributed by atoms with van der Waals surface area (Å²) in [5.41, 5.74) is 0.832. The lowest BCUT2D eigenvalue weighted by Gasteiger charge is -2.50. The molecule has 232 valence electrons. The van der Waals surface area contributed by atoms with E-state index in [9.17, 15) is 9.59 Å². The second-order valence-electron chi connectivity index (χ2n) is 13.3. The average molecular weight is 579 g/mol. The highest BCUT2D eigenvalue weighted by Crippen LogP contribution is 2.49. The van der Waals surface area contributed by atoms with Crippen LogP contribution in [0.2, 0.25) is 0 Å². The molecule has 3 rings (SSSR count). The number of ether oxygens (including phenoxy) is 2. The maximum Gasteiger partial charge on any atom is 0.412 e. The number of hydrogen-bond acceptors (Lipinski definition) is 4. The van der Waals surface area contributed by atoms with E-state index in [1.165, 1.54) is 25.7 Å². The van der Waals surface area contributed by atoms with E-state index in [2.05, 4.69) is 51.3 Å². The van der Waals surface area contributed by atoms with E-state index in [4.69, 9.17) is 9.47 Å². The summed E-state index contributed by atoms with van der Waals surface area (Å²) < 4.78 is 11.5. The van der Waals surface area contributed by atoms with Crippen LogP contribution in [0.25, 0.3) is 0 Å². The van der Waals surface area contributed by atoms with Crippen molar-refractivity contribution in [2.75, 3.05) is 0 Å². The summed E-state index contributed by atoms with van der Waals surface area (Å²) >= 11 is 0. The molecule has 42 heavy (non-hydrogen) atoms. The predicted octanol–water partition coefficient (Wildman–Crippen LogP) is 9.61. The minimum Gasteiger partial charge on any atom is -0.410 e. The second-order valence-corrected chi connectivity index (χ2v) is 13.3. The Hall–Kier alpha value is -3.02. The van der Waals surface area contributed by atoms with Crippen LogP contribution in [0.15, 0.2) is 54.6 Å². The van der Waals surface area contributed by atoms with Crippen molar-refractivity contribution in [3.05, 3.63) is 60.2 Å². The van der Waals surface area contributed by atoms with E-state index in [0.717, 1.165) is 63.4 Å². The van der Waals surface area contributed by atoms with Crippen LogP contribution >= 0.6 is 0 Å². The quantitative estimate of drug-likeness (QED) is 0.206. The van der Waals surface area contributed by atoms with E-state index in [-0.39, 0.29) is 22.9 Å². The van der Waals surface area contributed by atoms with Crippen LogP contribution in [0.4, 0.5) is 9.59 Å². The van der Waals surface area contributed by atoms with Crippen molar-refractivity contribution in [1.82, 2.24) is 10.6 Å². The third-order valence-electron chi connectivity index (χ3n) is 8.62. The molecule has 3 unspecified atom stereocenters. The number of carbonyl (C=O) groups is 2. The highest BCUT2D eigenvalue weighted by molar-refractivity contribution is 5.71. The molecule has 2 aromatic rings. The number of amides is 2. The number of hydrogen-bond donors (Lipinski definition) is 2. The summed E-state index contributed by atoms with van der Waals surface area (Å²) in [7, 11) is 0. The smallest absolute Gasteiger partial charge is 0.410 e. The topological polar surface area (TPSA) is 76.7 Å². The molecule has 1 aliphatic rings. The zero-order chi connectivity index (χ0) is 30.4.